The molecule has 0 bridgehead atoms. The molecule has 2 aliphatic rings. The van der Waals surface area contributed by atoms with E-state index in [2.05, 4.69) is 32.1 Å². The molecular weight excluding hydrogens is 278 g/mol. The van der Waals surface area contributed by atoms with Crippen LogP contribution in [0.15, 0.2) is 12.2 Å². The van der Waals surface area contributed by atoms with E-state index in [9.17, 15) is 5.26 Å². The molecule has 1 nitrogen and oxygen atoms in total. The summed E-state index contributed by atoms with van der Waals surface area (Å²) in [5, 5.41) is 9.69. The number of rotatable bonds is 7. The Morgan fingerprint density at radius 1 is 0.957 bits per heavy atom. The van der Waals surface area contributed by atoms with E-state index >= 15 is 0 Å². The third-order valence-corrected chi connectivity index (χ3v) is 6.56. The van der Waals surface area contributed by atoms with Crippen LogP contribution in [0.3, 0.4) is 0 Å². The van der Waals surface area contributed by atoms with Crippen LogP contribution < -0.4 is 0 Å². The van der Waals surface area contributed by atoms with Crippen molar-refractivity contribution in [2.45, 2.75) is 97.3 Å². The van der Waals surface area contributed by atoms with Gasteiger partial charge in [0, 0.05) is 0 Å². The first kappa shape index (κ1) is 18.6. The van der Waals surface area contributed by atoms with Gasteiger partial charge in [0.25, 0.3) is 0 Å². The Labute approximate surface area is 144 Å². The number of nitriles is 1. The predicted molar refractivity (Wildman–Crippen MR) is 99.0 cm³/mol. The van der Waals surface area contributed by atoms with Gasteiger partial charge in [0.05, 0.1) is 11.5 Å². The molecule has 0 N–H and O–H groups in total. The lowest BCUT2D eigenvalue weighted by Gasteiger charge is -2.39. The highest BCUT2D eigenvalue weighted by Crippen LogP contribution is 2.46. The van der Waals surface area contributed by atoms with Gasteiger partial charge in [-0.25, -0.2) is 0 Å². The van der Waals surface area contributed by atoms with Gasteiger partial charge < -0.3 is 0 Å². The summed E-state index contributed by atoms with van der Waals surface area (Å²) in [6.07, 6.45) is 21.6. The van der Waals surface area contributed by atoms with Crippen LogP contribution >= 0.6 is 0 Å². The summed E-state index contributed by atoms with van der Waals surface area (Å²) in [6.45, 7) is 4.55. The monoisotopic (exact) mass is 315 g/mol. The second-order valence-electron chi connectivity index (χ2n) is 8.22. The van der Waals surface area contributed by atoms with Gasteiger partial charge in [-0.3, -0.25) is 0 Å². The molecule has 0 aromatic carbocycles. The van der Waals surface area contributed by atoms with E-state index in [1.807, 2.05) is 0 Å². The van der Waals surface area contributed by atoms with Crippen molar-refractivity contribution in [1.29, 1.82) is 5.26 Å². The topological polar surface area (TPSA) is 23.8 Å². The fourth-order valence-corrected chi connectivity index (χ4v) is 4.93. The number of hydrogen-bond acceptors (Lipinski definition) is 1. The van der Waals surface area contributed by atoms with E-state index in [0.29, 0.717) is 0 Å². The van der Waals surface area contributed by atoms with Crippen molar-refractivity contribution in [2.75, 3.05) is 0 Å². The van der Waals surface area contributed by atoms with E-state index < -0.39 is 0 Å². The maximum Gasteiger partial charge on any atom is 0.0753 e. The van der Waals surface area contributed by atoms with Crippen molar-refractivity contribution < 1.29 is 0 Å². The Hall–Kier alpha value is -0.770. The molecule has 2 rings (SSSR count). The molecule has 2 fully saturated rings. The molecule has 0 atom stereocenters. The molecule has 0 aromatic heterocycles. The molecule has 0 radical (unpaired) electrons. The van der Waals surface area contributed by atoms with Crippen LogP contribution in [0.25, 0.3) is 0 Å². The van der Waals surface area contributed by atoms with Crippen LogP contribution in [0, 0.1) is 34.5 Å². The summed E-state index contributed by atoms with van der Waals surface area (Å²) in [4.78, 5) is 0. The summed E-state index contributed by atoms with van der Waals surface area (Å²) in [7, 11) is 0. The number of hydrogen-bond donors (Lipinski definition) is 0. The largest absolute Gasteiger partial charge is 0.197 e. The minimum absolute atomic E-state index is 0.135. The predicted octanol–water partition coefficient (Wildman–Crippen LogP) is 7.04. The van der Waals surface area contributed by atoms with E-state index in [4.69, 9.17) is 0 Å². The van der Waals surface area contributed by atoms with Gasteiger partial charge in [-0.1, -0.05) is 64.5 Å². The highest BCUT2D eigenvalue weighted by Gasteiger charge is 2.36. The van der Waals surface area contributed by atoms with E-state index in [-0.39, 0.29) is 5.41 Å². The van der Waals surface area contributed by atoms with E-state index in [1.165, 1.54) is 64.2 Å². The summed E-state index contributed by atoms with van der Waals surface area (Å²) in [5.41, 5.74) is -0.135. The molecule has 2 aliphatic carbocycles. The van der Waals surface area contributed by atoms with Gasteiger partial charge >= 0.3 is 0 Å². The van der Waals surface area contributed by atoms with Gasteiger partial charge in [-0.2, -0.15) is 5.26 Å². The molecule has 0 aliphatic heterocycles. The Morgan fingerprint density at radius 2 is 1.61 bits per heavy atom. The quantitative estimate of drug-likeness (QED) is 0.365. The molecule has 0 heterocycles. The number of allylic oxidation sites excluding steroid dienone is 2. The van der Waals surface area contributed by atoms with Crippen molar-refractivity contribution in [2.24, 2.45) is 23.2 Å². The summed E-state index contributed by atoms with van der Waals surface area (Å²) in [5.74, 6) is 2.88. The van der Waals surface area contributed by atoms with Crippen molar-refractivity contribution >= 4 is 0 Å². The van der Waals surface area contributed by atoms with Crippen molar-refractivity contribution in [1.82, 2.24) is 0 Å². The number of unbranched alkanes of at least 4 members (excludes halogenated alkanes) is 2. The molecule has 0 unspecified atom stereocenters. The maximum atomic E-state index is 9.69. The lowest BCUT2D eigenvalue weighted by molar-refractivity contribution is 0.137. The van der Waals surface area contributed by atoms with Crippen molar-refractivity contribution in [3.63, 3.8) is 0 Å². The fraction of sp³-hybridized carbons (Fsp3) is 0.864. The summed E-state index contributed by atoms with van der Waals surface area (Å²) in [6, 6.07) is 2.65. The summed E-state index contributed by atoms with van der Waals surface area (Å²) >= 11 is 0. The lowest BCUT2D eigenvalue weighted by atomic mass is 9.64. The molecule has 0 saturated heterocycles. The van der Waals surface area contributed by atoms with Gasteiger partial charge in [-0.15, -0.1) is 0 Å². The zero-order valence-electron chi connectivity index (χ0n) is 15.5. The van der Waals surface area contributed by atoms with Crippen LogP contribution in [-0.4, -0.2) is 0 Å². The van der Waals surface area contributed by atoms with E-state index in [1.54, 1.807) is 0 Å². The minimum atomic E-state index is -0.135. The lowest BCUT2D eigenvalue weighted by Crippen LogP contribution is -2.30. The molecular formula is C22H37N. The molecule has 0 aromatic rings. The molecule has 130 valence electrons. The highest BCUT2D eigenvalue weighted by molar-refractivity contribution is 5.14. The van der Waals surface area contributed by atoms with E-state index in [0.717, 1.165) is 37.0 Å². The average molecular weight is 316 g/mol. The first-order valence-electron chi connectivity index (χ1n) is 10.3. The Kier molecular flexibility index (Phi) is 7.68. The van der Waals surface area contributed by atoms with Crippen LogP contribution in [0.1, 0.15) is 97.3 Å². The highest BCUT2D eigenvalue weighted by atomic mass is 14.4. The third-order valence-electron chi connectivity index (χ3n) is 6.56. The number of nitrogens with zero attached hydrogens (tertiary/aromatic N) is 1. The third kappa shape index (κ3) is 5.37. The summed E-state index contributed by atoms with van der Waals surface area (Å²) < 4.78 is 0. The second kappa shape index (κ2) is 9.51. The van der Waals surface area contributed by atoms with Gasteiger partial charge in [0.15, 0.2) is 0 Å². The minimum Gasteiger partial charge on any atom is -0.197 e. The Balaban J connectivity index is 1.79. The molecule has 2 saturated carbocycles. The van der Waals surface area contributed by atoms with Crippen LogP contribution in [0.5, 0.6) is 0 Å². The first-order valence-corrected chi connectivity index (χ1v) is 10.3. The smallest absolute Gasteiger partial charge is 0.0753 e. The molecule has 23 heavy (non-hydrogen) atoms. The zero-order valence-corrected chi connectivity index (χ0v) is 15.5. The van der Waals surface area contributed by atoms with Gasteiger partial charge in [-0.05, 0) is 62.7 Å². The van der Waals surface area contributed by atoms with Crippen molar-refractivity contribution in [3.05, 3.63) is 12.2 Å². The normalized spacial score (nSPS) is 35.3. The molecule has 0 amide bonds. The average Bonchev–Trinajstić information content (AvgIpc) is 2.60. The SMILES string of the molecule is CCCCC=CC1(C#N)CCC(C2CCC(CCC)CC2)CC1. The van der Waals surface area contributed by atoms with Crippen LogP contribution in [0.4, 0.5) is 0 Å². The van der Waals surface area contributed by atoms with Crippen LogP contribution in [0.2, 0.25) is 0 Å². The second-order valence-corrected chi connectivity index (χ2v) is 8.22. The molecule has 1 heteroatoms. The van der Waals surface area contributed by atoms with Gasteiger partial charge in [0.1, 0.15) is 0 Å². The van der Waals surface area contributed by atoms with Crippen molar-refractivity contribution in [3.8, 4) is 6.07 Å². The zero-order chi connectivity index (χ0) is 16.5. The fourth-order valence-electron chi connectivity index (χ4n) is 4.93. The van der Waals surface area contributed by atoms with Gasteiger partial charge in [0.2, 0.25) is 0 Å². The first-order chi connectivity index (χ1) is 11.2. The Bertz CT molecular complexity index is 387. The molecule has 0 spiro atoms. The maximum absolute atomic E-state index is 9.69. The van der Waals surface area contributed by atoms with Crippen LogP contribution in [-0.2, 0) is 0 Å². The Morgan fingerprint density at radius 3 is 2.17 bits per heavy atom. The standard InChI is InChI=1S/C22H37N/c1-3-5-6-7-15-22(18-23)16-13-21(14-17-22)20-11-9-19(8-4-2)10-12-20/h7,15,19-21H,3-6,8-14,16-17H2,1-2H3.